The summed E-state index contributed by atoms with van der Waals surface area (Å²) in [6.45, 7) is 1.37. The number of thiophene rings is 1. The van der Waals surface area contributed by atoms with Crippen LogP contribution in [0.5, 0.6) is 0 Å². The number of carbonyl (C=O) groups excluding carboxylic acids is 3. The first-order valence-corrected chi connectivity index (χ1v) is 9.10. The number of likely N-dealkylation sites (tertiary alicyclic amines) is 2. The molecule has 6 nitrogen and oxygen atoms in total. The van der Waals surface area contributed by atoms with Crippen molar-refractivity contribution in [2.45, 2.75) is 25.4 Å². The topological polar surface area (TPSA) is 69.7 Å². The van der Waals surface area contributed by atoms with Gasteiger partial charge in [-0.15, -0.1) is 11.3 Å². The first-order valence-electron chi connectivity index (χ1n) is 8.22. The second kappa shape index (κ2) is 6.05. The molecule has 1 N–H and O–H groups in total. The van der Waals surface area contributed by atoms with Crippen LogP contribution in [0.1, 0.15) is 17.7 Å². The molecule has 2 atom stereocenters. The van der Waals surface area contributed by atoms with E-state index < -0.39 is 0 Å². The van der Waals surface area contributed by atoms with Gasteiger partial charge in [0.25, 0.3) is 0 Å². The number of hydrogen-bond acceptors (Lipinski definition) is 4. The van der Waals surface area contributed by atoms with E-state index in [2.05, 4.69) is 5.32 Å². The predicted octanol–water partition coefficient (Wildman–Crippen LogP) is 1.59. The van der Waals surface area contributed by atoms with Crippen LogP contribution in [0.15, 0.2) is 29.7 Å². The summed E-state index contributed by atoms with van der Waals surface area (Å²) in [4.78, 5) is 41.3. The molecule has 2 saturated heterocycles. The first-order chi connectivity index (χ1) is 11.6. The Morgan fingerprint density at radius 2 is 1.83 bits per heavy atom. The van der Waals surface area contributed by atoms with E-state index in [0.717, 1.165) is 4.88 Å². The largest absolute Gasteiger partial charge is 0.333 e. The van der Waals surface area contributed by atoms with Crippen LogP contribution in [0.3, 0.4) is 0 Å². The average molecular weight is 345 g/mol. The van der Waals surface area contributed by atoms with Gasteiger partial charge in [0, 0.05) is 18.0 Å². The Labute approximate surface area is 144 Å². The molecule has 1 aromatic heterocycles. The maximum Gasteiger partial charge on any atom is 0.317 e. The van der Waals surface area contributed by atoms with Crippen molar-refractivity contribution in [2.24, 2.45) is 11.8 Å². The molecule has 7 heteroatoms. The Bertz CT molecular complexity index is 668. The van der Waals surface area contributed by atoms with Crippen molar-refractivity contribution in [2.75, 3.05) is 13.1 Å². The number of imide groups is 1. The van der Waals surface area contributed by atoms with Gasteiger partial charge in [-0.05, 0) is 24.3 Å². The third-order valence-corrected chi connectivity index (χ3v) is 5.93. The second-order valence-corrected chi connectivity index (χ2v) is 7.53. The summed E-state index contributed by atoms with van der Waals surface area (Å²) in [6, 6.07) is 3.62. The van der Waals surface area contributed by atoms with Gasteiger partial charge in [-0.1, -0.05) is 18.2 Å². The molecule has 3 heterocycles. The number of hydrogen-bond donors (Lipinski definition) is 1. The summed E-state index contributed by atoms with van der Waals surface area (Å²) in [5.74, 6) is -0.496. The predicted molar refractivity (Wildman–Crippen MR) is 89.1 cm³/mol. The lowest BCUT2D eigenvalue weighted by Gasteiger charge is -2.43. The molecule has 2 fully saturated rings. The highest BCUT2D eigenvalue weighted by molar-refractivity contribution is 7.09. The number of nitrogens with zero attached hydrogens (tertiary/aromatic N) is 2. The molecule has 1 aromatic rings. The van der Waals surface area contributed by atoms with Gasteiger partial charge in [0.2, 0.25) is 11.8 Å². The van der Waals surface area contributed by atoms with Gasteiger partial charge in [-0.3, -0.25) is 14.5 Å². The maximum atomic E-state index is 12.5. The normalized spacial score (nSPS) is 26.5. The fourth-order valence-corrected chi connectivity index (χ4v) is 4.30. The van der Waals surface area contributed by atoms with Crippen LogP contribution in [0.2, 0.25) is 0 Å². The third kappa shape index (κ3) is 2.53. The molecule has 1 aliphatic carbocycles. The molecule has 4 rings (SSSR count). The van der Waals surface area contributed by atoms with Crippen molar-refractivity contribution >= 4 is 29.2 Å². The molecule has 0 radical (unpaired) electrons. The van der Waals surface area contributed by atoms with Gasteiger partial charge >= 0.3 is 6.03 Å². The van der Waals surface area contributed by atoms with Gasteiger partial charge < -0.3 is 10.2 Å². The van der Waals surface area contributed by atoms with Crippen molar-refractivity contribution in [3.8, 4) is 0 Å². The summed E-state index contributed by atoms with van der Waals surface area (Å²) in [5, 5.41) is 4.84. The van der Waals surface area contributed by atoms with Crippen molar-refractivity contribution < 1.29 is 14.4 Å². The minimum absolute atomic E-state index is 0.0574. The minimum Gasteiger partial charge on any atom is -0.333 e. The maximum absolute atomic E-state index is 12.5. The smallest absolute Gasteiger partial charge is 0.317 e. The van der Waals surface area contributed by atoms with E-state index in [-0.39, 0.29) is 35.7 Å². The Morgan fingerprint density at radius 1 is 1.17 bits per heavy atom. The summed E-state index contributed by atoms with van der Waals surface area (Å²) < 4.78 is 0. The highest BCUT2D eigenvalue weighted by atomic mass is 32.1. The van der Waals surface area contributed by atoms with Crippen molar-refractivity contribution in [3.63, 3.8) is 0 Å². The number of urea groups is 1. The fourth-order valence-electron chi connectivity index (χ4n) is 3.66. The number of nitrogens with one attached hydrogen (secondary N) is 1. The zero-order chi connectivity index (χ0) is 16.7. The lowest BCUT2D eigenvalue weighted by atomic mass is 9.85. The fraction of sp³-hybridized carbons (Fsp3) is 0.471. The molecule has 0 aromatic carbocycles. The molecule has 0 saturated carbocycles. The van der Waals surface area contributed by atoms with E-state index in [4.69, 9.17) is 0 Å². The number of rotatable bonds is 3. The van der Waals surface area contributed by atoms with Gasteiger partial charge in [-0.2, -0.15) is 0 Å². The van der Waals surface area contributed by atoms with Gasteiger partial charge in [0.1, 0.15) is 0 Å². The van der Waals surface area contributed by atoms with Gasteiger partial charge in [0.15, 0.2) is 0 Å². The number of allylic oxidation sites excluding steroid dienone is 2. The lowest BCUT2D eigenvalue weighted by Crippen LogP contribution is -2.64. The van der Waals surface area contributed by atoms with Crippen molar-refractivity contribution in [1.82, 2.24) is 15.1 Å². The van der Waals surface area contributed by atoms with Gasteiger partial charge in [0.05, 0.1) is 24.4 Å². The number of carbonyl (C=O) groups is 3. The van der Waals surface area contributed by atoms with Crippen LogP contribution in [0.25, 0.3) is 0 Å². The summed E-state index contributed by atoms with van der Waals surface area (Å²) >= 11 is 1.60. The van der Waals surface area contributed by atoms with Crippen LogP contribution in [-0.2, 0) is 16.1 Å². The van der Waals surface area contributed by atoms with Crippen LogP contribution in [0, 0.1) is 11.8 Å². The SMILES string of the molecule is O=C(NCc1cccs1)N1CC(N2C(=O)[C@H]3CC=CC[C@H]3C2=O)C1. The average Bonchev–Trinajstić information content (AvgIpc) is 3.15. The zero-order valence-electron chi connectivity index (χ0n) is 13.2. The van der Waals surface area contributed by atoms with Crippen LogP contribution >= 0.6 is 11.3 Å². The molecule has 3 aliphatic rings. The molecule has 126 valence electrons. The van der Waals surface area contributed by atoms with Crippen molar-refractivity contribution in [1.29, 1.82) is 0 Å². The molecule has 0 bridgehead atoms. The molecule has 24 heavy (non-hydrogen) atoms. The Kier molecular flexibility index (Phi) is 3.88. The molecule has 4 amide bonds. The van der Waals surface area contributed by atoms with E-state index in [0.29, 0.717) is 32.5 Å². The molecule has 0 spiro atoms. The van der Waals surface area contributed by atoms with E-state index in [1.807, 2.05) is 29.7 Å². The molecular weight excluding hydrogens is 326 g/mol. The zero-order valence-corrected chi connectivity index (χ0v) is 14.0. The number of amides is 4. The number of fused-ring (bicyclic) bond motifs is 1. The highest BCUT2D eigenvalue weighted by Crippen LogP contribution is 2.37. The third-order valence-electron chi connectivity index (χ3n) is 5.05. The van der Waals surface area contributed by atoms with Crippen molar-refractivity contribution in [3.05, 3.63) is 34.5 Å². The summed E-state index contributed by atoms with van der Waals surface area (Å²) in [5.41, 5.74) is 0. The Balaban J connectivity index is 1.31. The van der Waals surface area contributed by atoms with E-state index in [9.17, 15) is 14.4 Å². The van der Waals surface area contributed by atoms with E-state index >= 15 is 0 Å². The second-order valence-electron chi connectivity index (χ2n) is 6.50. The summed E-state index contributed by atoms with van der Waals surface area (Å²) in [6.07, 6.45) is 5.29. The standard InChI is InChI=1S/C17H19N3O3S/c21-15-13-5-1-2-6-14(13)16(22)20(15)11-9-19(10-11)17(23)18-8-12-4-3-7-24-12/h1-4,7,11,13-14H,5-6,8-10H2,(H,18,23)/t13-,14+. The monoisotopic (exact) mass is 345 g/mol. The summed E-state index contributed by atoms with van der Waals surface area (Å²) in [7, 11) is 0. The Morgan fingerprint density at radius 3 is 2.42 bits per heavy atom. The van der Waals surface area contributed by atoms with Crippen LogP contribution < -0.4 is 5.32 Å². The van der Waals surface area contributed by atoms with Gasteiger partial charge in [-0.25, -0.2) is 4.79 Å². The van der Waals surface area contributed by atoms with Crippen LogP contribution in [0.4, 0.5) is 4.79 Å². The highest BCUT2D eigenvalue weighted by Gasteiger charge is 2.52. The Hall–Kier alpha value is -2.15. The first kappa shape index (κ1) is 15.4. The minimum atomic E-state index is -0.191. The molecule has 0 unspecified atom stereocenters. The van der Waals surface area contributed by atoms with E-state index in [1.165, 1.54) is 4.90 Å². The van der Waals surface area contributed by atoms with E-state index in [1.54, 1.807) is 16.2 Å². The lowest BCUT2D eigenvalue weighted by molar-refractivity contribution is -0.145. The van der Waals surface area contributed by atoms with Crippen LogP contribution in [-0.4, -0.2) is 46.8 Å². The molecule has 2 aliphatic heterocycles. The quantitative estimate of drug-likeness (QED) is 0.668. The molecular formula is C17H19N3O3S.